The molecule has 0 saturated heterocycles. The first kappa shape index (κ1) is 24.0. The van der Waals surface area contributed by atoms with Crippen molar-refractivity contribution >= 4 is 11.6 Å². The molecule has 0 atom stereocenters. The van der Waals surface area contributed by atoms with E-state index in [-0.39, 0.29) is 0 Å². The van der Waals surface area contributed by atoms with E-state index in [2.05, 4.69) is 43.3 Å². The van der Waals surface area contributed by atoms with Gasteiger partial charge in [0.25, 0.3) is 0 Å². The summed E-state index contributed by atoms with van der Waals surface area (Å²) in [6.07, 6.45) is 11.3. The van der Waals surface area contributed by atoms with E-state index in [0.717, 1.165) is 30.2 Å². The van der Waals surface area contributed by atoms with Crippen molar-refractivity contribution < 1.29 is 8.78 Å². The maximum absolute atomic E-state index is 13.7. The highest BCUT2D eigenvalue weighted by molar-refractivity contribution is 6.31. The lowest BCUT2D eigenvalue weighted by Gasteiger charge is -2.28. The standard InChI is InChI=1S/C30H33ClF2/c1-2-21-3-5-22(6-4-21)7-8-23-9-11-24(12-10-23)13-14-25-15-17-26(18-16-25)27-19-28(32)30(31)29(33)20-27/h3-6,15-20,23-24H,2,7-14H2,1H3/t23-,24-. The van der Waals surface area contributed by atoms with Crippen LogP contribution in [0.5, 0.6) is 0 Å². The van der Waals surface area contributed by atoms with Crippen molar-refractivity contribution in [1.29, 1.82) is 0 Å². The van der Waals surface area contributed by atoms with E-state index in [4.69, 9.17) is 11.6 Å². The molecule has 0 nitrogen and oxygen atoms in total. The third-order valence-corrected chi connectivity index (χ3v) is 7.71. The van der Waals surface area contributed by atoms with Gasteiger partial charge in [0.2, 0.25) is 0 Å². The molecule has 0 spiro atoms. The molecule has 4 rings (SSSR count). The van der Waals surface area contributed by atoms with Crippen molar-refractivity contribution in [2.24, 2.45) is 11.8 Å². The summed E-state index contributed by atoms with van der Waals surface area (Å²) in [5.74, 6) is 0.234. The van der Waals surface area contributed by atoms with Gasteiger partial charge in [-0.05, 0) is 83.9 Å². The minimum absolute atomic E-state index is 0.448. The highest BCUT2D eigenvalue weighted by Gasteiger charge is 2.21. The fourth-order valence-corrected chi connectivity index (χ4v) is 5.19. The van der Waals surface area contributed by atoms with Crippen LogP contribution in [0.4, 0.5) is 8.78 Å². The number of benzene rings is 3. The van der Waals surface area contributed by atoms with Gasteiger partial charge in [0.05, 0.1) is 0 Å². The Morgan fingerprint density at radius 2 is 1.09 bits per heavy atom. The van der Waals surface area contributed by atoms with Crippen LogP contribution in [0.15, 0.2) is 60.7 Å². The summed E-state index contributed by atoms with van der Waals surface area (Å²) in [6, 6.07) is 19.8. The molecule has 174 valence electrons. The lowest BCUT2D eigenvalue weighted by Crippen LogP contribution is -2.15. The Balaban J connectivity index is 1.21. The minimum Gasteiger partial charge on any atom is -0.205 e. The third-order valence-electron chi connectivity index (χ3n) is 7.35. The van der Waals surface area contributed by atoms with Crippen LogP contribution in [0.1, 0.15) is 62.1 Å². The summed E-state index contributed by atoms with van der Waals surface area (Å²) in [6.45, 7) is 2.20. The molecular weight excluding hydrogens is 434 g/mol. The van der Waals surface area contributed by atoms with E-state index in [9.17, 15) is 8.78 Å². The largest absolute Gasteiger partial charge is 0.205 e. The topological polar surface area (TPSA) is 0 Å². The molecule has 33 heavy (non-hydrogen) atoms. The summed E-state index contributed by atoms with van der Waals surface area (Å²) in [7, 11) is 0. The zero-order chi connectivity index (χ0) is 23.2. The van der Waals surface area contributed by atoms with Gasteiger partial charge in [0.1, 0.15) is 16.7 Å². The zero-order valence-electron chi connectivity index (χ0n) is 19.4. The number of hydrogen-bond donors (Lipinski definition) is 0. The van der Waals surface area contributed by atoms with E-state index in [1.807, 2.05) is 12.1 Å². The van der Waals surface area contributed by atoms with Crippen LogP contribution >= 0.6 is 11.6 Å². The van der Waals surface area contributed by atoms with Gasteiger partial charge in [0.15, 0.2) is 0 Å². The van der Waals surface area contributed by atoms with Crippen molar-refractivity contribution in [1.82, 2.24) is 0 Å². The fraction of sp³-hybridized carbons (Fsp3) is 0.400. The molecule has 0 aliphatic heterocycles. The van der Waals surface area contributed by atoms with E-state index in [0.29, 0.717) is 5.56 Å². The van der Waals surface area contributed by atoms with Crippen LogP contribution in [0.25, 0.3) is 11.1 Å². The molecule has 0 heterocycles. The Kier molecular flexibility index (Phi) is 8.20. The van der Waals surface area contributed by atoms with Crippen molar-refractivity contribution in [3.8, 4) is 11.1 Å². The molecule has 3 aromatic rings. The molecule has 0 unspecified atom stereocenters. The first-order valence-corrected chi connectivity index (χ1v) is 12.7. The second-order valence-corrected chi connectivity index (χ2v) is 9.96. The van der Waals surface area contributed by atoms with Crippen molar-refractivity contribution in [3.05, 3.63) is 94.0 Å². The second kappa shape index (κ2) is 11.3. The molecule has 1 saturated carbocycles. The number of rotatable bonds is 8. The van der Waals surface area contributed by atoms with Gasteiger partial charge in [-0.25, -0.2) is 8.78 Å². The summed E-state index contributed by atoms with van der Waals surface area (Å²) in [5, 5.41) is -0.448. The lowest BCUT2D eigenvalue weighted by atomic mass is 9.77. The predicted molar refractivity (Wildman–Crippen MR) is 135 cm³/mol. The predicted octanol–water partition coefficient (Wildman–Crippen LogP) is 9.22. The number of hydrogen-bond acceptors (Lipinski definition) is 0. The molecule has 0 aromatic heterocycles. The summed E-state index contributed by atoms with van der Waals surface area (Å²) >= 11 is 5.59. The Morgan fingerprint density at radius 1 is 0.667 bits per heavy atom. The maximum Gasteiger partial charge on any atom is 0.145 e. The van der Waals surface area contributed by atoms with Gasteiger partial charge in [-0.1, -0.05) is 92.7 Å². The van der Waals surface area contributed by atoms with Gasteiger partial charge in [0, 0.05) is 0 Å². The molecule has 0 N–H and O–H groups in total. The zero-order valence-corrected chi connectivity index (χ0v) is 20.2. The van der Waals surface area contributed by atoms with Crippen molar-refractivity contribution in [2.75, 3.05) is 0 Å². The smallest absolute Gasteiger partial charge is 0.145 e. The van der Waals surface area contributed by atoms with Gasteiger partial charge < -0.3 is 0 Å². The van der Waals surface area contributed by atoms with Crippen molar-refractivity contribution in [2.45, 2.75) is 64.7 Å². The highest BCUT2D eigenvalue weighted by Crippen LogP contribution is 2.34. The Bertz CT molecular complexity index is 1010. The first-order valence-electron chi connectivity index (χ1n) is 12.3. The molecule has 3 aromatic carbocycles. The monoisotopic (exact) mass is 466 g/mol. The fourth-order valence-electron chi connectivity index (χ4n) is 5.08. The molecule has 0 radical (unpaired) electrons. The second-order valence-electron chi connectivity index (χ2n) is 9.58. The third kappa shape index (κ3) is 6.44. The normalized spacial score (nSPS) is 18.4. The van der Waals surface area contributed by atoms with Gasteiger partial charge >= 0.3 is 0 Å². The molecule has 0 amide bonds. The molecule has 1 aliphatic carbocycles. The van der Waals surface area contributed by atoms with Crippen LogP contribution in [0.3, 0.4) is 0 Å². The Morgan fingerprint density at radius 3 is 1.55 bits per heavy atom. The first-order chi connectivity index (χ1) is 16.0. The lowest BCUT2D eigenvalue weighted by molar-refractivity contribution is 0.253. The van der Waals surface area contributed by atoms with Crippen molar-refractivity contribution in [3.63, 3.8) is 0 Å². The number of halogens is 3. The van der Waals surface area contributed by atoms with Crippen LogP contribution in [-0.2, 0) is 19.3 Å². The SMILES string of the molecule is CCc1ccc(CC[C@H]2CC[C@H](CCc3ccc(-c4cc(F)c(Cl)c(F)c4)cc3)CC2)cc1. The van der Waals surface area contributed by atoms with Gasteiger partial charge in [-0.15, -0.1) is 0 Å². The van der Waals surface area contributed by atoms with E-state index in [1.54, 1.807) is 0 Å². The summed E-state index contributed by atoms with van der Waals surface area (Å²) in [5.41, 5.74) is 5.49. The quantitative estimate of drug-likeness (QED) is 0.290. The van der Waals surface area contributed by atoms with Crippen LogP contribution in [-0.4, -0.2) is 0 Å². The molecule has 3 heteroatoms. The van der Waals surface area contributed by atoms with Gasteiger partial charge in [-0.2, -0.15) is 0 Å². The summed E-state index contributed by atoms with van der Waals surface area (Å²) < 4.78 is 27.5. The molecule has 1 aliphatic rings. The average Bonchev–Trinajstić information content (AvgIpc) is 2.85. The molecule has 1 fully saturated rings. The summed E-state index contributed by atoms with van der Waals surface area (Å²) in [4.78, 5) is 0. The van der Waals surface area contributed by atoms with E-state index >= 15 is 0 Å². The van der Waals surface area contributed by atoms with Crippen LogP contribution in [0.2, 0.25) is 5.02 Å². The number of aryl methyl sites for hydroxylation is 3. The average molecular weight is 467 g/mol. The van der Waals surface area contributed by atoms with Crippen LogP contribution in [0, 0.1) is 23.5 Å². The van der Waals surface area contributed by atoms with Gasteiger partial charge in [-0.3, -0.25) is 0 Å². The Hall–Kier alpha value is -2.19. The van der Waals surface area contributed by atoms with E-state index < -0.39 is 16.7 Å². The van der Waals surface area contributed by atoms with E-state index in [1.165, 1.54) is 73.8 Å². The highest BCUT2D eigenvalue weighted by atomic mass is 35.5. The molecule has 0 bridgehead atoms. The molecular formula is C30H33ClF2. The Labute approximate surface area is 202 Å². The maximum atomic E-state index is 13.7. The minimum atomic E-state index is -0.722. The van der Waals surface area contributed by atoms with Crippen LogP contribution < -0.4 is 0 Å².